The maximum Gasteiger partial charge on any atom is 0.408 e. The third-order valence-electron chi connectivity index (χ3n) is 5.85. The Kier molecular flexibility index (Phi) is 6.62. The first kappa shape index (κ1) is 21.1. The van der Waals surface area contributed by atoms with Crippen LogP contribution in [0.15, 0.2) is 30.3 Å². The molecule has 7 nitrogen and oxygen atoms in total. The number of likely N-dealkylation sites (tertiary alicyclic amines) is 1. The van der Waals surface area contributed by atoms with Crippen molar-refractivity contribution in [1.82, 2.24) is 9.62 Å². The second-order valence-electron chi connectivity index (χ2n) is 7.99. The summed E-state index contributed by atoms with van der Waals surface area (Å²) in [5, 5.41) is 9.60. The van der Waals surface area contributed by atoms with E-state index >= 15 is 0 Å². The summed E-state index contributed by atoms with van der Waals surface area (Å²) in [5.41, 5.74) is 0.133. The average molecular weight is 411 g/mol. The SMILES string of the molecule is CS(=O)(=O)NC1(COC2CCC(c3ccccc3)CC2)CCCCN1C(=O)O. The van der Waals surface area contributed by atoms with E-state index in [-0.39, 0.29) is 12.7 Å². The van der Waals surface area contributed by atoms with Gasteiger partial charge in [0.05, 0.1) is 19.0 Å². The topological polar surface area (TPSA) is 95.9 Å². The Morgan fingerprint density at radius 3 is 2.50 bits per heavy atom. The Balaban J connectivity index is 1.63. The number of nitrogens with one attached hydrogen (secondary N) is 1. The van der Waals surface area contributed by atoms with E-state index in [1.807, 2.05) is 6.07 Å². The maximum absolute atomic E-state index is 11.9. The van der Waals surface area contributed by atoms with Gasteiger partial charge in [-0.1, -0.05) is 30.3 Å². The molecule has 1 aromatic carbocycles. The van der Waals surface area contributed by atoms with Crippen molar-refractivity contribution in [3.63, 3.8) is 0 Å². The van der Waals surface area contributed by atoms with Crippen molar-refractivity contribution >= 4 is 16.1 Å². The molecule has 1 aliphatic heterocycles. The standard InChI is InChI=1S/C20H30N2O5S/c1-28(25,26)21-20(13-5-6-14-22(20)19(23)24)15-27-18-11-9-17(10-12-18)16-7-3-2-4-8-16/h2-4,7-8,17-18,21H,5-6,9-15H2,1H3,(H,23,24). The first-order chi connectivity index (χ1) is 13.3. The van der Waals surface area contributed by atoms with E-state index in [1.165, 1.54) is 10.5 Å². The first-order valence-electron chi connectivity index (χ1n) is 9.95. The van der Waals surface area contributed by atoms with Crippen LogP contribution in [0.25, 0.3) is 0 Å². The van der Waals surface area contributed by atoms with Gasteiger partial charge in [0.15, 0.2) is 0 Å². The molecule has 28 heavy (non-hydrogen) atoms. The van der Waals surface area contributed by atoms with Gasteiger partial charge in [-0.3, -0.25) is 4.90 Å². The lowest BCUT2D eigenvalue weighted by Crippen LogP contribution is -2.66. The number of hydrogen-bond acceptors (Lipinski definition) is 4. The zero-order chi connectivity index (χ0) is 20.2. The number of amides is 1. The summed E-state index contributed by atoms with van der Waals surface area (Å²) >= 11 is 0. The lowest BCUT2D eigenvalue weighted by molar-refractivity contribution is -0.0648. The molecular formula is C20H30N2O5S. The van der Waals surface area contributed by atoms with Crippen LogP contribution in [0, 0.1) is 0 Å². The molecule has 1 saturated carbocycles. The molecule has 0 spiro atoms. The van der Waals surface area contributed by atoms with Crippen molar-refractivity contribution in [2.24, 2.45) is 0 Å². The fraction of sp³-hybridized carbons (Fsp3) is 0.650. The normalized spacial score (nSPS) is 28.8. The molecule has 1 aliphatic carbocycles. The summed E-state index contributed by atoms with van der Waals surface area (Å²) in [4.78, 5) is 12.9. The van der Waals surface area contributed by atoms with Gasteiger partial charge < -0.3 is 9.84 Å². The van der Waals surface area contributed by atoms with E-state index < -0.39 is 21.8 Å². The maximum atomic E-state index is 11.9. The molecule has 2 N–H and O–H groups in total. The van der Waals surface area contributed by atoms with Gasteiger partial charge in [-0.05, 0) is 56.4 Å². The van der Waals surface area contributed by atoms with Crippen LogP contribution in [0.5, 0.6) is 0 Å². The lowest BCUT2D eigenvalue weighted by atomic mass is 9.83. The van der Waals surface area contributed by atoms with Crippen molar-refractivity contribution in [3.8, 4) is 0 Å². The summed E-state index contributed by atoms with van der Waals surface area (Å²) in [6, 6.07) is 10.4. The molecule has 1 unspecified atom stereocenters. The number of carbonyl (C=O) groups is 1. The summed E-state index contributed by atoms with van der Waals surface area (Å²) in [6.45, 7) is 0.356. The van der Waals surface area contributed by atoms with Gasteiger partial charge >= 0.3 is 6.09 Å². The number of hydrogen-bond donors (Lipinski definition) is 2. The number of sulfonamides is 1. The molecule has 3 rings (SSSR count). The highest BCUT2D eigenvalue weighted by atomic mass is 32.2. The van der Waals surface area contributed by atoms with Crippen molar-refractivity contribution in [2.75, 3.05) is 19.4 Å². The highest BCUT2D eigenvalue weighted by Crippen LogP contribution is 2.35. The summed E-state index contributed by atoms with van der Waals surface area (Å²) < 4.78 is 32.5. The Hall–Kier alpha value is -1.64. The zero-order valence-electron chi connectivity index (χ0n) is 16.3. The molecule has 0 bridgehead atoms. The summed E-state index contributed by atoms with van der Waals surface area (Å²) in [6.07, 6.45) is 5.69. The van der Waals surface area contributed by atoms with Crippen LogP contribution in [-0.2, 0) is 14.8 Å². The molecule has 2 aliphatic rings. The molecule has 8 heteroatoms. The van der Waals surface area contributed by atoms with Crippen LogP contribution in [0.2, 0.25) is 0 Å². The molecule has 1 heterocycles. The number of benzene rings is 1. The minimum atomic E-state index is -3.58. The fourth-order valence-electron chi connectivity index (χ4n) is 4.49. The van der Waals surface area contributed by atoms with Crippen molar-refractivity contribution in [2.45, 2.75) is 62.6 Å². The Morgan fingerprint density at radius 2 is 1.89 bits per heavy atom. The monoisotopic (exact) mass is 410 g/mol. The van der Waals surface area contributed by atoms with E-state index in [1.54, 1.807) is 0 Å². The van der Waals surface area contributed by atoms with E-state index in [0.717, 1.165) is 44.8 Å². The number of nitrogens with zero attached hydrogens (tertiary/aromatic N) is 1. The number of carboxylic acid groups (broad SMARTS) is 1. The quantitative estimate of drug-likeness (QED) is 0.751. The van der Waals surface area contributed by atoms with E-state index in [9.17, 15) is 18.3 Å². The third-order valence-corrected chi connectivity index (χ3v) is 6.60. The predicted molar refractivity (Wildman–Crippen MR) is 107 cm³/mol. The van der Waals surface area contributed by atoms with Crippen LogP contribution in [0.1, 0.15) is 56.4 Å². The van der Waals surface area contributed by atoms with Crippen molar-refractivity contribution in [3.05, 3.63) is 35.9 Å². The van der Waals surface area contributed by atoms with Gasteiger partial charge in [0.2, 0.25) is 10.0 Å². The van der Waals surface area contributed by atoms with Gasteiger partial charge in [-0.2, -0.15) is 4.72 Å². The second-order valence-corrected chi connectivity index (χ2v) is 9.74. The summed E-state index contributed by atoms with van der Waals surface area (Å²) in [5.74, 6) is 0.523. The number of piperidine rings is 1. The lowest BCUT2D eigenvalue weighted by Gasteiger charge is -2.46. The predicted octanol–water partition coefficient (Wildman–Crippen LogP) is 3.14. The van der Waals surface area contributed by atoms with Crippen molar-refractivity contribution in [1.29, 1.82) is 0 Å². The molecule has 1 amide bonds. The fourth-order valence-corrected chi connectivity index (χ4v) is 5.45. The van der Waals surface area contributed by atoms with Gasteiger partial charge in [0.1, 0.15) is 5.66 Å². The largest absolute Gasteiger partial charge is 0.465 e. The third kappa shape index (κ3) is 5.24. The first-order valence-corrected chi connectivity index (χ1v) is 11.8. The zero-order valence-corrected chi connectivity index (χ0v) is 17.2. The molecule has 1 saturated heterocycles. The Bertz CT molecular complexity index is 762. The second kappa shape index (κ2) is 8.80. The van der Waals surface area contributed by atoms with Gasteiger partial charge in [0.25, 0.3) is 0 Å². The van der Waals surface area contributed by atoms with E-state index in [2.05, 4.69) is 29.0 Å². The molecule has 1 atom stereocenters. The Morgan fingerprint density at radius 1 is 1.21 bits per heavy atom. The minimum Gasteiger partial charge on any atom is -0.465 e. The average Bonchev–Trinajstić information content (AvgIpc) is 2.66. The summed E-state index contributed by atoms with van der Waals surface area (Å²) in [7, 11) is -3.58. The highest BCUT2D eigenvalue weighted by Gasteiger charge is 2.45. The highest BCUT2D eigenvalue weighted by molar-refractivity contribution is 7.88. The minimum absolute atomic E-state index is 0.0239. The van der Waals surface area contributed by atoms with Gasteiger partial charge in [-0.25, -0.2) is 13.2 Å². The molecular weight excluding hydrogens is 380 g/mol. The molecule has 0 radical (unpaired) electrons. The van der Waals surface area contributed by atoms with Crippen molar-refractivity contribution < 1.29 is 23.1 Å². The van der Waals surface area contributed by atoms with Crippen LogP contribution in [0.3, 0.4) is 0 Å². The molecule has 1 aromatic rings. The van der Waals surface area contributed by atoms with Crippen LogP contribution in [0.4, 0.5) is 4.79 Å². The van der Waals surface area contributed by atoms with E-state index in [4.69, 9.17) is 4.74 Å². The van der Waals surface area contributed by atoms with Gasteiger partial charge in [0, 0.05) is 6.54 Å². The van der Waals surface area contributed by atoms with Crippen LogP contribution in [-0.4, -0.2) is 55.7 Å². The number of ether oxygens (including phenoxy) is 1. The Labute approximate surface area is 167 Å². The smallest absolute Gasteiger partial charge is 0.408 e. The molecule has 2 fully saturated rings. The van der Waals surface area contributed by atoms with Gasteiger partial charge in [-0.15, -0.1) is 0 Å². The van der Waals surface area contributed by atoms with E-state index in [0.29, 0.717) is 18.9 Å². The molecule has 0 aromatic heterocycles. The van der Waals surface area contributed by atoms with Crippen LogP contribution >= 0.6 is 0 Å². The van der Waals surface area contributed by atoms with Crippen LogP contribution < -0.4 is 4.72 Å². The molecule has 156 valence electrons. The number of rotatable bonds is 6.